The highest BCUT2D eigenvalue weighted by Crippen LogP contribution is 2.11. The van der Waals surface area contributed by atoms with Crippen molar-refractivity contribution < 1.29 is 18.3 Å². The minimum Gasteiger partial charge on any atom is -0.481 e. The second-order valence-electron chi connectivity index (χ2n) is 3.55. The molecule has 1 rings (SSSR count). The van der Waals surface area contributed by atoms with Gasteiger partial charge in [0.15, 0.2) is 5.69 Å². The molecule has 0 saturated carbocycles. The van der Waals surface area contributed by atoms with Crippen LogP contribution >= 0.6 is 0 Å². The Morgan fingerprint density at radius 3 is 2.89 bits per heavy atom. The van der Waals surface area contributed by atoms with Crippen molar-refractivity contribution in [1.29, 1.82) is 5.26 Å². The van der Waals surface area contributed by atoms with E-state index in [2.05, 4.69) is 9.71 Å². The third-order valence-corrected chi connectivity index (χ3v) is 3.62. The molecule has 1 aromatic rings. The second-order valence-corrected chi connectivity index (χ2v) is 5.29. The summed E-state index contributed by atoms with van der Waals surface area (Å²) in [5.41, 5.74) is -0.229. The van der Waals surface area contributed by atoms with Crippen molar-refractivity contribution in [2.45, 2.75) is 11.8 Å². The van der Waals surface area contributed by atoms with Crippen molar-refractivity contribution in [3.05, 3.63) is 24.0 Å². The summed E-state index contributed by atoms with van der Waals surface area (Å²) >= 11 is 0. The standard InChI is InChI=1S/C10H11N3O4S/c1-7(10(14)15)6-13-18(16,17)9-3-2-4-12-8(9)5-11/h2-4,7,13H,6H2,1H3,(H,14,15). The van der Waals surface area contributed by atoms with Gasteiger partial charge >= 0.3 is 5.97 Å². The van der Waals surface area contributed by atoms with Crippen LogP contribution in [0.4, 0.5) is 0 Å². The van der Waals surface area contributed by atoms with Crippen molar-refractivity contribution in [3.8, 4) is 6.07 Å². The molecule has 0 bridgehead atoms. The molecule has 96 valence electrons. The number of nitrogens with one attached hydrogen (secondary N) is 1. The Hall–Kier alpha value is -1.98. The molecule has 0 saturated heterocycles. The fraction of sp³-hybridized carbons (Fsp3) is 0.300. The quantitative estimate of drug-likeness (QED) is 0.773. The van der Waals surface area contributed by atoms with Gasteiger partial charge in [0, 0.05) is 12.7 Å². The molecule has 0 aromatic carbocycles. The van der Waals surface area contributed by atoms with E-state index in [0.717, 1.165) is 0 Å². The molecule has 0 aliphatic heterocycles. The number of carboxylic acids is 1. The van der Waals surface area contributed by atoms with Gasteiger partial charge in [-0.1, -0.05) is 6.92 Å². The summed E-state index contributed by atoms with van der Waals surface area (Å²) < 4.78 is 25.8. The Labute approximate surface area is 104 Å². The lowest BCUT2D eigenvalue weighted by atomic mass is 10.2. The highest BCUT2D eigenvalue weighted by atomic mass is 32.2. The summed E-state index contributed by atoms with van der Waals surface area (Å²) in [5.74, 6) is -1.97. The van der Waals surface area contributed by atoms with Gasteiger partial charge < -0.3 is 5.11 Å². The van der Waals surface area contributed by atoms with Crippen molar-refractivity contribution in [1.82, 2.24) is 9.71 Å². The summed E-state index contributed by atoms with van der Waals surface area (Å²) in [6, 6.07) is 4.29. The molecule has 1 aromatic heterocycles. The summed E-state index contributed by atoms with van der Waals surface area (Å²) in [6.07, 6.45) is 1.30. The molecule has 7 nitrogen and oxygen atoms in total. The molecule has 0 amide bonds. The average Bonchev–Trinajstić information content (AvgIpc) is 2.35. The molecule has 1 heterocycles. The Kier molecular flexibility index (Phi) is 4.36. The number of rotatable bonds is 5. The van der Waals surface area contributed by atoms with Gasteiger partial charge in [0.05, 0.1) is 5.92 Å². The van der Waals surface area contributed by atoms with Crippen LogP contribution in [0.15, 0.2) is 23.2 Å². The fourth-order valence-electron chi connectivity index (χ4n) is 1.09. The first-order valence-electron chi connectivity index (χ1n) is 4.96. The summed E-state index contributed by atoms with van der Waals surface area (Å²) in [7, 11) is -3.93. The molecule has 0 aliphatic carbocycles. The van der Waals surface area contributed by atoms with Crippen LogP contribution in [0.3, 0.4) is 0 Å². The third-order valence-electron chi connectivity index (χ3n) is 2.17. The van der Waals surface area contributed by atoms with Crippen LogP contribution in [0.5, 0.6) is 0 Å². The molecule has 0 spiro atoms. The molecule has 0 radical (unpaired) electrons. The van der Waals surface area contributed by atoms with Crippen molar-refractivity contribution in [3.63, 3.8) is 0 Å². The molecule has 0 aliphatic rings. The summed E-state index contributed by atoms with van der Waals surface area (Å²) in [6.45, 7) is 1.12. The predicted molar refractivity (Wildman–Crippen MR) is 60.9 cm³/mol. The molecule has 0 fully saturated rings. The summed E-state index contributed by atoms with van der Waals surface area (Å²) in [4.78, 5) is 13.9. The number of hydrogen-bond donors (Lipinski definition) is 2. The van der Waals surface area contributed by atoms with E-state index in [1.807, 2.05) is 0 Å². The number of nitriles is 1. The SMILES string of the molecule is CC(CNS(=O)(=O)c1cccnc1C#N)C(=O)O. The zero-order chi connectivity index (χ0) is 13.8. The van der Waals surface area contributed by atoms with E-state index in [4.69, 9.17) is 10.4 Å². The van der Waals surface area contributed by atoms with Gasteiger partial charge in [-0.05, 0) is 12.1 Å². The lowest BCUT2D eigenvalue weighted by Gasteiger charge is -2.09. The van der Waals surface area contributed by atoms with E-state index in [1.54, 1.807) is 6.07 Å². The Morgan fingerprint density at radius 2 is 2.33 bits per heavy atom. The van der Waals surface area contributed by atoms with Gasteiger partial charge in [0.25, 0.3) is 0 Å². The second kappa shape index (κ2) is 5.57. The number of aliphatic carboxylic acids is 1. The predicted octanol–water partition coefficient (Wildman–Crippen LogP) is -0.0477. The maximum Gasteiger partial charge on any atom is 0.307 e. The first-order chi connectivity index (χ1) is 8.38. The van der Waals surface area contributed by atoms with E-state index < -0.39 is 21.9 Å². The highest BCUT2D eigenvalue weighted by Gasteiger charge is 2.21. The van der Waals surface area contributed by atoms with Gasteiger partial charge in [-0.15, -0.1) is 0 Å². The van der Waals surface area contributed by atoms with E-state index in [1.165, 1.54) is 25.3 Å². The number of pyridine rings is 1. The number of carbonyl (C=O) groups is 1. The number of hydrogen-bond acceptors (Lipinski definition) is 5. The van der Waals surface area contributed by atoms with Gasteiger partial charge in [-0.2, -0.15) is 5.26 Å². The normalized spacial score (nSPS) is 12.7. The number of sulfonamides is 1. The number of carboxylic acid groups (broad SMARTS) is 1. The Morgan fingerprint density at radius 1 is 1.67 bits per heavy atom. The minimum absolute atomic E-state index is 0.229. The lowest BCUT2D eigenvalue weighted by Crippen LogP contribution is -2.32. The first kappa shape index (κ1) is 14.1. The molecule has 18 heavy (non-hydrogen) atoms. The third kappa shape index (κ3) is 3.26. The maximum atomic E-state index is 11.8. The molecule has 1 atom stereocenters. The molecular formula is C10H11N3O4S. The van der Waals surface area contributed by atoms with Crippen LogP contribution in [-0.4, -0.2) is 31.0 Å². The van der Waals surface area contributed by atoms with E-state index in [9.17, 15) is 13.2 Å². The Bertz CT molecular complexity index is 591. The zero-order valence-electron chi connectivity index (χ0n) is 9.49. The molecular weight excluding hydrogens is 258 g/mol. The average molecular weight is 269 g/mol. The molecule has 2 N–H and O–H groups in total. The van der Waals surface area contributed by atoms with E-state index in [-0.39, 0.29) is 17.1 Å². The van der Waals surface area contributed by atoms with Gasteiger partial charge in [0.2, 0.25) is 10.0 Å². The number of nitrogens with zero attached hydrogens (tertiary/aromatic N) is 2. The van der Waals surface area contributed by atoms with E-state index in [0.29, 0.717) is 0 Å². The Balaban J connectivity index is 2.94. The van der Waals surface area contributed by atoms with Crippen molar-refractivity contribution in [2.75, 3.05) is 6.54 Å². The summed E-state index contributed by atoms with van der Waals surface area (Å²) in [5, 5.41) is 17.4. The largest absolute Gasteiger partial charge is 0.481 e. The van der Waals surface area contributed by atoms with Crippen molar-refractivity contribution >= 4 is 16.0 Å². The molecule has 8 heteroatoms. The van der Waals surface area contributed by atoms with Crippen LogP contribution in [0.2, 0.25) is 0 Å². The number of aromatic nitrogens is 1. The van der Waals surface area contributed by atoms with Crippen LogP contribution in [0.25, 0.3) is 0 Å². The van der Waals surface area contributed by atoms with Crippen LogP contribution in [-0.2, 0) is 14.8 Å². The van der Waals surface area contributed by atoms with Crippen LogP contribution < -0.4 is 4.72 Å². The highest BCUT2D eigenvalue weighted by molar-refractivity contribution is 7.89. The topological polar surface area (TPSA) is 120 Å². The van der Waals surface area contributed by atoms with Crippen LogP contribution in [0, 0.1) is 17.2 Å². The monoisotopic (exact) mass is 269 g/mol. The first-order valence-corrected chi connectivity index (χ1v) is 6.44. The zero-order valence-corrected chi connectivity index (χ0v) is 10.3. The maximum absolute atomic E-state index is 11.8. The lowest BCUT2D eigenvalue weighted by molar-refractivity contribution is -0.140. The van der Waals surface area contributed by atoms with Crippen LogP contribution in [0.1, 0.15) is 12.6 Å². The van der Waals surface area contributed by atoms with E-state index >= 15 is 0 Å². The van der Waals surface area contributed by atoms with Gasteiger partial charge in [-0.25, -0.2) is 18.1 Å². The smallest absolute Gasteiger partial charge is 0.307 e. The fourth-order valence-corrected chi connectivity index (χ4v) is 2.33. The van der Waals surface area contributed by atoms with Crippen molar-refractivity contribution in [2.24, 2.45) is 5.92 Å². The minimum atomic E-state index is -3.93. The van der Waals surface area contributed by atoms with Gasteiger partial charge in [0.1, 0.15) is 11.0 Å². The molecule has 1 unspecified atom stereocenters. The van der Waals surface area contributed by atoms with Gasteiger partial charge in [-0.3, -0.25) is 4.79 Å².